The van der Waals surface area contributed by atoms with Crippen molar-refractivity contribution in [3.05, 3.63) is 63.1 Å². The minimum Gasteiger partial charge on any atom is -0.335 e. The fourth-order valence-corrected chi connectivity index (χ4v) is 3.36. The van der Waals surface area contributed by atoms with E-state index in [9.17, 15) is 13.2 Å². The summed E-state index contributed by atoms with van der Waals surface area (Å²) >= 11 is 9.27. The molecule has 0 spiro atoms. The van der Waals surface area contributed by atoms with Crippen LogP contribution in [0.2, 0.25) is 5.02 Å². The number of rotatable bonds is 4. The van der Waals surface area contributed by atoms with Gasteiger partial charge in [-0.2, -0.15) is 0 Å². The normalized spacial score (nSPS) is 12.7. The number of hydrogen-bond acceptors (Lipinski definition) is 3. The second-order valence-corrected chi connectivity index (χ2v) is 8.19. The molecule has 0 aliphatic rings. The average Bonchev–Trinajstić information content (AvgIpc) is 2.52. The molecule has 1 unspecified atom stereocenters. The van der Waals surface area contributed by atoms with E-state index in [2.05, 4.69) is 15.9 Å². The summed E-state index contributed by atoms with van der Waals surface area (Å²) in [6.07, 6.45) is 0. The van der Waals surface area contributed by atoms with Gasteiger partial charge in [-0.3, -0.25) is 4.79 Å². The SMILES string of the molecule is CC(c1cccc(Cl)c1)N(C)C(=O)c1cc(S(N)(=O)=O)ccc1Br. The van der Waals surface area contributed by atoms with Crippen molar-refractivity contribution >= 4 is 43.5 Å². The average molecular weight is 432 g/mol. The highest BCUT2D eigenvalue weighted by Crippen LogP contribution is 2.27. The van der Waals surface area contributed by atoms with E-state index in [0.717, 1.165) is 5.56 Å². The zero-order valence-corrected chi connectivity index (χ0v) is 16.2. The maximum atomic E-state index is 12.8. The number of carbonyl (C=O) groups is 1. The molecule has 5 nitrogen and oxygen atoms in total. The molecule has 0 bridgehead atoms. The van der Waals surface area contributed by atoms with Crippen molar-refractivity contribution in [2.24, 2.45) is 5.14 Å². The molecular formula is C16H16BrClN2O3S. The Labute approximate surface area is 154 Å². The first kappa shape index (κ1) is 18.9. The van der Waals surface area contributed by atoms with E-state index in [-0.39, 0.29) is 22.4 Å². The first-order chi connectivity index (χ1) is 11.1. The third kappa shape index (κ3) is 4.16. The predicted octanol–water partition coefficient (Wildman–Crippen LogP) is 3.58. The molecule has 0 radical (unpaired) electrons. The Morgan fingerprint density at radius 1 is 1.25 bits per heavy atom. The first-order valence-electron chi connectivity index (χ1n) is 6.96. The maximum absolute atomic E-state index is 12.8. The molecule has 1 amide bonds. The van der Waals surface area contributed by atoms with Crippen molar-refractivity contribution in [1.29, 1.82) is 0 Å². The molecule has 0 saturated carbocycles. The first-order valence-corrected chi connectivity index (χ1v) is 9.68. The second kappa shape index (κ2) is 7.23. The van der Waals surface area contributed by atoms with Gasteiger partial charge in [0.15, 0.2) is 0 Å². The fourth-order valence-electron chi connectivity index (χ4n) is 2.20. The quantitative estimate of drug-likeness (QED) is 0.803. The van der Waals surface area contributed by atoms with Crippen LogP contribution < -0.4 is 5.14 Å². The van der Waals surface area contributed by atoms with Crippen LogP contribution in [0, 0.1) is 0 Å². The van der Waals surface area contributed by atoms with Gasteiger partial charge < -0.3 is 4.90 Å². The Morgan fingerprint density at radius 2 is 1.92 bits per heavy atom. The minimum absolute atomic E-state index is 0.113. The Bertz CT molecular complexity index is 887. The largest absolute Gasteiger partial charge is 0.335 e. The summed E-state index contributed by atoms with van der Waals surface area (Å²) in [5.41, 5.74) is 1.09. The van der Waals surface area contributed by atoms with Crippen molar-refractivity contribution in [3.63, 3.8) is 0 Å². The van der Waals surface area contributed by atoms with Crippen LogP contribution in [0.5, 0.6) is 0 Å². The number of primary sulfonamides is 1. The lowest BCUT2D eigenvalue weighted by molar-refractivity contribution is 0.0741. The highest BCUT2D eigenvalue weighted by Gasteiger charge is 2.22. The van der Waals surface area contributed by atoms with Crippen LogP contribution in [0.25, 0.3) is 0 Å². The monoisotopic (exact) mass is 430 g/mol. The molecule has 2 rings (SSSR count). The molecule has 0 saturated heterocycles. The molecule has 1 atom stereocenters. The molecule has 2 aromatic rings. The molecule has 2 aromatic carbocycles. The van der Waals surface area contributed by atoms with Crippen LogP contribution in [0.4, 0.5) is 0 Å². The molecule has 0 aliphatic heterocycles. The third-order valence-corrected chi connectivity index (χ3v) is 5.57. The number of benzene rings is 2. The molecule has 2 N–H and O–H groups in total. The van der Waals surface area contributed by atoms with Crippen LogP contribution in [0.15, 0.2) is 51.8 Å². The van der Waals surface area contributed by atoms with Gasteiger partial charge in [-0.25, -0.2) is 13.6 Å². The number of sulfonamides is 1. The van der Waals surface area contributed by atoms with Gasteiger partial charge in [-0.05, 0) is 58.7 Å². The van der Waals surface area contributed by atoms with Crippen molar-refractivity contribution in [2.75, 3.05) is 7.05 Å². The van der Waals surface area contributed by atoms with Gasteiger partial charge in [-0.1, -0.05) is 23.7 Å². The standard InChI is InChI=1S/C16H16BrClN2O3S/c1-10(11-4-3-5-12(18)8-11)20(2)16(21)14-9-13(24(19,22)23)6-7-15(14)17/h3-10H,1-2H3,(H2,19,22,23). The maximum Gasteiger partial charge on any atom is 0.255 e. The van der Waals surface area contributed by atoms with Gasteiger partial charge in [0.2, 0.25) is 10.0 Å². The van der Waals surface area contributed by atoms with Crippen molar-refractivity contribution < 1.29 is 13.2 Å². The zero-order chi connectivity index (χ0) is 18.1. The number of halogens is 2. The van der Waals surface area contributed by atoms with E-state index in [1.54, 1.807) is 19.2 Å². The van der Waals surface area contributed by atoms with Crippen LogP contribution in [-0.2, 0) is 10.0 Å². The van der Waals surface area contributed by atoms with Crippen molar-refractivity contribution in [3.8, 4) is 0 Å². The molecule has 0 aliphatic carbocycles. The van der Waals surface area contributed by atoms with E-state index in [4.69, 9.17) is 16.7 Å². The summed E-state index contributed by atoms with van der Waals surface area (Å²) in [4.78, 5) is 14.2. The summed E-state index contributed by atoms with van der Waals surface area (Å²) in [5.74, 6) is -0.333. The summed E-state index contributed by atoms with van der Waals surface area (Å²) in [7, 11) is -2.25. The number of nitrogens with zero attached hydrogens (tertiary/aromatic N) is 1. The number of amides is 1. The summed E-state index contributed by atoms with van der Waals surface area (Å²) in [5, 5.41) is 5.72. The van der Waals surface area contributed by atoms with Crippen LogP contribution in [0.3, 0.4) is 0 Å². The highest BCUT2D eigenvalue weighted by atomic mass is 79.9. The molecule has 8 heteroatoms. The number of hydrogen-bond donors (Lipinski definition) is 1. The van der Waals surface area contributed by atoms with Crippen LogP contribution in [-0.4, -0.2) is 26.3 Å². The Balaban J connectivity index is 2.37. The molecule has 128 valence electrons. The third-order valence-electron chi connectivity index (χ3n) is 3.73. The molecule has 0 aromatic heterocycles. The second-order valence-electron chi connectivity index (χ2n) is 5.33. The topological polar surface area (TPSA) is 80.5 Å². The predicted molar refractivity (Wildman–Crippen MR) is 97.5 cm³/mol. The summed E-state index contributed by atoms with van der Waals surface area (Å²) < 4.78 is 23.5. The van der Waals surface area contributed by atoms with Gasteiger partial charge in [0.1, 0.15) is 0 Å². The van der Waals surface area contributed by atoms with Gasteiger partial charge in [-0.15, -0.1) is 0 Å². The summed E-state index contributed by atoms with van der Waals surface area (Å²) in [6, 6.07) is 11.1. The van der Waals surface area contributed by atoms with Gasteiger partial charge in [0.25, 0.3) is 5.91 Å². The zero-order valence-electron chi connectivity index (χ0n) is 13.0. The Morgan fingerprint density at radius 3 is 2.50 bits per heavy atom. The number of nitrogens with two attached hydrogens (primary N) is 1. The van der Waals surface area contributed by atoms with Gasteiger partial charge in [0.05, 0.1) is 16.5 Å². The minimum atomic E-state index is -3.89. The Kier molecular flexibility index (Phi) is 5.70. The van der Waals surface area contributed by atoms with E-state index in [1.165, 1.54) is 23.1 Å². The van der Waals surface area contributed by atoms with Crippen molar-refractivity contribution in [1.82, 2.24) is 4.90 Å². The lowest BCUT2D eigenvalue weighted by Gasteiger charge is -2.26. The molecule has 0 fully saturated rings. The fraction of sp³-hybridized carbons (Fsp3) is 0.188. The van der Waals surface area contributed by atoms with Crippen LogP contribution >= 0.6 is 27.5 Å². The van der Waals surface area contributed by atoms with Crippen molar-refractivity contribution in [2.45, 2.75) is 17.9 Å². The lowest BCUT2D eigenvalue weighted by atomic mass is 10.1. The smallest absolute Gasteiger partial charge is 0.255 e. The van der Waals surface area contributed by atoms with Crippen LogP contribution in [0.1, 0.15) is 28.9 Å². The van der Waals surface area contributed by atoms with E-state index in [0.29, 0.717) is 9.50 Å². The Hall–Kier alpha value is -1.41. The molecular weight excluding hydrogens is 416 g/mol. The summed E-state index contributed by atoms with van der Waals surface area (Å²) in [6.45, 7) is 1.86. The highest BCUT2D eigenvalue weighted by molar-refractivity contribution is 9.10. The van der Waals surface area contributed by atoms with Gasteiger partial charge in [0, 0.05) is 16.5 Å². The number of carbonyl (C=O) groups excluding carboxylic acids is 1. The lowest BCUT2D eigenvalue weighted by Crippen LogP contribution is -2.30. The van der Waals surface area contributed by atoms with E-state index in [1.807, 2.05) is 19.1 Å². The van der Waals surface area contributed by atoms with E-state index >= 15 is 0 Å². The molecule has 24 heavy (non-hydrogen) atoms. The molecule has 0 heterocycles. The van der Waals surface area contributed by atoms with Gasteiger partial charge >= 0.3 is 0 Å². The van der Waals surface area contributed by atoms with E-state index < -0.39 is 10.0 Å².